The Hall–Kier alpha value is -2.14. The largest absolute Gasteiger partial charge is 0.461 e. The lowest BCUT2D eigenvalue weighted by Crippen LogP contribution is -2.35. The molecule has 1 aliphatic heterocycles. The van der Waals surface area contributed by atoms with E-state index in [1.54, 1.807) is 0 Å². The molecule has 0 unspecified atom stereocenters. The SMILES string of the molecule is C[C@@H]1C[C@H](N(C)Cc2nccn2Cc2ccccc2)C(=O)O1. The number of hydrogen-bond acceptors (Lipinski definition) is 4. The average Bonchev–Trinajstić information content (AvgIpc) is 3.06. The Labute approximate surface area is 130 Å². The van der Waals surface area contributed by atoms with Crippen LogP contribution >= 0.6 is 0 Å². The Bertz CT molecular complexity index is 638. The fourth-order valence-electron chi connectivity index (χ4n) is 2.84. The summed E-state index contributed by atoms with van der Waals surface area (Å²) in [6.07, 6.45) is 4.53. The highest BCUT2D eigenvalue weighted by Gasteiger charge is 2.35. The maximum absolute atomic E-state index is 11.8. The van der Waals surface area contributed by atoms with E-state index in [4.69, 9.17) is 4.74 Å². The van der Waals surface area contributed by atoms with E-state index in [-0.39, 0.29) is 18.1 Å². The number of nitrogens with zero attached hydrogens (tertiary/aromatic N) is 3. The van der Waals surface area contributed by atoms with Gasteiger partial charge in [-0.15, -0.1) is 0 Å². The third-order valence-corrected chi connectivity index (χ3v) is 4.06. The first-order valence-corrected chi connectivity index (χ1v) is 7.58. The van der Waals surface area contributed by atoms with Crippen molar-refractivity contribution in [3.8, 4) is 0 Å². The molecule has 1 aromatic heterocycles. The normalized spacial score (nSPS) is 21.3. The van der Waals surface area contributed by atoms with Gasteiger partial charge in [-0.1, -0.05) is 30.3 Å². The van der Waals surface area contributed by atoms with Crippen LogP contribution in [0.25, 0.3) is 0 Å². The Morgan fingerprint density at radius 3 is 2.82 bits per heavy atom. The molecule has 2 atom stereocenters. The van der Waals surface area contributed by atoms with Gasteiger partial charge in [0.05, 0.1) is 6.54 Å². The topological polar surface area (TPSA) is 47.4 Å². The van der Waals surface area contributed by atoms with E-state index >= 15 is 0 Å². The number of cyclic esters (lactones) is 1. The molecule has 1 aromatic carbocycles. The lowest BCUT2D eigenvalue weighted by Gasteiger charge is -2.21. The highest BCUT2D eigenvalue weighted by atomic mass is 16.6. The molecule has 0 aliphatic carbocycles. The molecule has 0 bridgehead atoms. The summed E-state index contributed by atoms with van der Waals surface area (Å²) in [4.78, 5) is 18.3. The van der Waals surface area contributed by atoms with E-state index in [1.807, 2.05) is 49.5 Å². The third kappa shape index (κ3) is 3.20. The van der Waals surface area contributed by atoms with Crippen LogP contribution in [0.1, 0.15) is 24.7 Å². The van der Waals surface area contributed by atoms with Crippen LogP contribution in [0.5, 0.6) is 0 Å². The van der Waals surface area contributed by atoms with Gasteiger partial charge >= 0.3 is 5.97 Å². The molecule has 2 heterocycles. The van der Waals surface area contributed by atoms with Crippen LogP contribution in [0.2, 0.25) is 0 Å². The van der Waals surface area contributed by atoms with Gasteiger partial charge in [0.1, 0.15) is 18.0 Å². The molecule has 5 heteroatoms. The monoisotopic (exact) mass is 299 g/mol. The zero-order valence-electron chi connectivity index (χ0n) is 13.0. The fraction of sp³-hybridized carbons (Fsp3) is 0.412. The molecule has 5 nitrogen and oxygen atoms in total. The van der Waals surface area contributed by atoms with Gasteiger partial charge in [-0.3, -0.25) is 9.69 Å². The number of rotatable bonds is 5. The number of imidazole rings is 1. The van der Waals surface area contributed by atoms with E-state index in [9.17, 15) is 4.79 Å². The summed E-state index contributed by atoms with van der Waals surface area (Å²) >= 11 is 0. The summed E-state index contributed by atoms with van der Waals surface area (Å²) in [5.41, 5.74) is 1.23. The van der Waals surface area contributed by atoms with Crippen molar-refractivity contribution in [1.29, 1.82) is 0 Å². The number of carbonyl (C=O) groups is 1. The van der Waals surface area contributed by atoms with Crippen LogP contribution < -0.4 is 0 Å². The Kier molecular flexibility index (Phi) is 4.24. The standard InChI is InChI=1S/C17H21N3O2/c1-13-10-15(17(21)22-13)19(2)12-16-18-8-9-20(16)11-14-6-4-3-5-7-14/h3-9,13,15H,10-12H2,1-2H3/t13-,15+/m1/s1. The van der Waals surface area contributed by atoms with Crippen LogP contribution in [0.15, 0.2) is 42.7 Å². The molecular weight excluding hydrogens is 278 g/mol. The molecule has 1 fully saturated rings. The molecule has 0 N–H and O–H groups in total. The summed E-state index contributed by atoms with van der Waals surface area (Å²) in [5.74, 6) is 0.829. The van der Waals surface area contributed by atoms with E-state index < -0.39 is 0 Å². The fourth-order valence-corrected chi connectivity index (χ4v) is 2.84. The summed E-state index contributed by atoms with van der Waals surface area (Å²) in [7, 11) is 1.95. The molecule has 0 spiro atoms. The average molecular weight is 299 g/mol. The number of ether oxygens (including phenoxy) is 1. The zero-order valence-corrected chi connectivity index (χ0v) is 13.0. The lowest BCUT2D eigenvalue weighted by molar-refractivity contribution is -0.144. The highest BCUT2D eigenvalue weighted by molar-refractivity contribution is 5.77. The second-order valence-corrected chi connectivity index (χ2v) is 5.87. The minimum Gasteiger partial charge on any atom is -0.461 e. The number of esters is 1. The summed E-state index contributed by atoms with van der Waals surface area (Å²) in [6.45, 7) is 3.35. The molecule has 0 amide bonds. The van der Waals surface area contributed by atoms with Gasteiger partial charge in [0.25, 0.3) is 0 Å². The maximum atomic E-state index is 11.8. The van der Waals surface area contributed by atoms with Gasteiger partial charge in [0.15, 0.2) is 0 Å². The van der Waals surface area contributed by atoms with E-state index in [0.29, 0.717) is 6.54 Å². The Morgan fingerprint density at radius 2 is 2.14 bits per heavy atom. The predicted molar refractivity (Wildman–Crippen MR) is 83.2 cm³/mol. The van der Waals surface area contributed by atoms with Gasteiger partial charge < -0.3 is 9.30 Å². The van der Waals surface area contributed by atoms with Crippen LogP contribution in [0, 0.1) is 0 Å². The van der Waals surface area contributed by atoms with Gasteiger partial charge in [-0.05, 0) is 19.5 Å². The maximum Gasteiger partial charge on any atom is 0.323 e. The van der Waals surface area contributed by atoms with E-state index in [2.05, 4.69) is 21.7 Å². The second-order valence-electron chi connectivity index (χ2n) is 5.87. The van der Waals surface area contributed by atoms with Crippen molar-refractivity contribution in [1.82, 2.24) is 14.5 Å². The number of hydrogen-bond donors (Lipinski definition) is 0. The van der Waals surface area contributed by atoms with Crippen LogP contribution in [0.3, 0.4) is 0 Å². The molecule has 0 radical (unpaired) electrons. The number of carbonyl (C=O) groups excluding carboxylic acids is 1. The van der Waals surface area contributed by atoms with Gasteiger partial charge in [-0.2, -0.15) is 0 Å². The molecule has 22 heavy (non-hydrogen) atoms. The zero-order chi connectivity index (χ0) is 15.5. The summed E-state index contributed by atoms with van der Waals surface area (Å²) in [5, 5.41) is 0. The predicted octanol–water partition coefficient (Wildman–Crippen LogP) is 2.07. The first kappa shape index (κ1) is 14.8. The molecule has 1 aliphatic rings. The molecule has 2 aromatic rings. The van der Waals surface area contributed by atoms with E-state index in [0.717, 1.165) is 18.8 Å². The van der Waals surface area contributed by atoms with Gasteiger partial charge in [0.2, 0.25) is 0 Å². The smallest absolute Gasteiger partial charge is 0.323 e. The highest BCUT2D eigenvalue weighted by Crippen LogP contribution is 2.20. The number of likely N-dealkylation sites (N-methyl/N-ethyl adjacent to an activating group) is 1. The number of benzene rings is 1. The third-order valence-electron chi connectivity index (χ3n) is 4.06. The molecular formula is C17H21N3O2. The second kappa shape index (κ2) is 6.32. The first-order chi connectivity index (χ1) is 10.6. The lowest BCUT2D eigenvalue weighted by atomic mass is 10.1. The van der Waals surface area contributed by atoms with Gasteiger partial charge in [-0.25, -0.2) is 4.98 Å². The quantitative estimate of drug-likeness (QED) is 0.793. The van der Waals surface area contributed by atoms with Crippen molar-refractivity contribution in [2.45, 2.75) is 38.6 Å². The molecule has 1 saturated heterocycles. The van der Waals surface area contributed by atoms with Crippen molar-refractivity contribution in [2.75, 3.05) is 7.05 Å². The van der Waals surface area contributed by atoms with Crippen LogP contribution in [-0.2, 0) is 22.6 Å². The minimum atomic E-state index is -0.170. The van der Waals surface area contributed by atoms with Crippen molar-refractivity contribution < 1.29 is 9.53 Å². The van der Waals surface area contributed by atoms with Crippen molar-refractivity contribution in [3.63, 3.8) is 0 Å². The number of aromatic nitrogens is 2. The Balaban J connectivity index is 1.68. The molecule has 0 saturated carbocycles. The molecule has 116 valence electrons. The summed E-state index contributed by atoms with van der Waals surface area (Å²) < 4.78 is 7.35. The van der Waals surface area contributed by atoms with Crippen LogP contribution in [-0.4, -0.2) is 39.6 Å². The van der Waals surface area contributed by atoms with Crippen molar-refractivity contribution >= 4 is 5.97 Å². The Morgan fingerprint density at radius 1 is 1.36 bits per heavy atom. The van der Waals surface area contributed by atoms with Crippen molar-refractivity contribution in [2.24, 2.45) is 0 Å². The van der Waals surface area contributed by atoms with E-state index in [1.165, 1.54) is 5.56 Å². The first-order valence-electron chi connectivity index (χ1n) is 7.58. The molecule has 3 rings (SSSR count). The van der Waals surface area contributed by atoms with Crippen LogP contribution in [0.4, 0.5) is 0 Å². The summed E-state index contributed by atoms with van der Waals surface area (Å²) in [6, 6.07) is 10.1. The minimum absolute atomic E-state index is 0.00372. The van der Waals surface area contributed by atoms with Crippen molar-refractivity contribution in [3.05, 3.63) is 54.1 Å². The van der Waals surface area contributed by atoms with Gasteiger partial charge in [0, 0.05) is 25.4 Å².